The van der Waals surface area contributed by atoms with Crippen molar-refractivity contribution < 1.29 is 4.79 Å². The van der Waals surface area contributed by atoms with E-state index in [0.717, 1.165) is 23.6 Å². The number of imidazole rings is 1. The molecule has 1 N–H and O–H groups in total. The molecule has 1 saturated carbocycles. The highest BCUT2D eigenvalue weighted by Gasteiger charge is 2.36. The summed E-state index contributed by atoms with van der Waals surface area (Å²) in [5.41, 5.74) is 2.32. The number of aryl methyl sites for hydroxylation is 2. The largest absolute Gasteiger partial charge is 0.351 e. The van der Waals surface area contributed by atoms with Crippen LogP contribution in [0, 0.1) is 13.8 Å². The van der Waals surface area contributed by atoms with E-state index in [1.54, 1.807) is 11.3 Å². The Morgan fingerprint density at radius 1 is 1.36 bits per heavy atom. The van der Waals surface area contributed by atoms with Gasteiger partial charge in [-0.15, -0.1) is 11.3 Å². The van der Waals surface area contributed by atoms with Crippen LogP contribution in [0.1, 0.15) is 41.9 Å². The number of hydrogen-bond acceptors (Lipinski definition) is 4. The first kappa shape index (κ1) is 14.2. The fourth-order valence-electron chi connectivity index (χ4n) is 3.94. The number of aromatic nitrogens is 2. The van der Waals surface area contributed by atoms with Crippen LogP contribution in [0.15, 0.2) is 6.20 Å². The van der Waals surface area contributed by atoms with Gasteiger partial charge in [0.05, 0.1) is 17.9 Å². The molecule has 2 aromatic rings. The molecule has 1 saturated heterocycles. The first-order valence-electron chi connectivity index (χ1n) is 8.09. The Hall–Kier alpha value is -1.40. The zero-order valence-electron chi connectivity index (χ0n) is 13.1. The predicted octanol–water partition coefficient (Wildman–Crippen LogP) is 2.26. The summed E-state index contributed by atoms with van der Waals surface area (Å²) in [4.78, 5) is 21.4. The molecule has 1 aliphatic carbocycles. The van der Waals surface area contributed by atoms with Gasteiger partial charge in [0, 0.05) is 29.7 Å². The fourth-order valence-corrected chi connectivity index (χ4v) is 4.83. The third-order valence-electron chi connectivity index (χ3n) is 4.99. The molecule has 0 aromatic carbocycles. The quantitative estimate of drug-likeness (QED) is 0.924. The van der Waals surface area contributed by atoms with Crippen molar-refractivity contribution in [2.75, 3.05) is 6.54 Å². The van der Waals surface area contributed by atoms with Crippen molar-refractivity contribution in [1.82, 2.24) is 19.6 Å². The van der Waals surface area contributed by atoms with E-state index in [4.69, 9.17) is 0 Å². The van der Waals surface area contributed by atoms with Crippen LogP contribution in [0.25, 0.3) is 4.96 Å². The Morgan fingerprint density at radius 2 is 2.18 bits per heavy atom. The monoisotopic (exact) mass is 318 g/mol. The van der Waals surface area contributed by atoms with Crippen molar-refractivity contribution in [1.29, 1.82) is 0 Å². The van der Waals surface area contributed by atoms with E-state index in [2.05, 4.69) is 39.6 Å². The molecule has 1 aliphatic heterocycles. The third kappa shape index (κ3) is 2.34. The van der Waals surface area contributed by atoms with Gasteiger partial charge < -0.3 is 5.32 Å². The summed E-state index contributed by atoms with van der Waals surface area (Å²) in [7, 11) is 0. The molecule has 2 aromatic heterocycles. The normalized spacial score (nSPS) is 26.2. The zero-order chi connectivity index (χ0) is 15.3. The van der Waals surface area contributed by atoms with Crippen molar-refractivity contribution >= 4 is 22.2 Å². The van der Waals surface area contributed by atoms with Crippen LogP contribution in [-0.2, 0) is 11.3 Å². The van der Waals surface area contributed by atoms with E-state index in [0.29, 0.717) is 18.6 Å². The second kappa shape index (κ2) is 5.35. The molecule has 4 rings (SSSR count). The van der Waals surface area contributed by atoms with E-state index in [1.807, 2.05) is 0 Å². The number of thiazole rings is 1. The number of carbonyl (C=O) groups is 1. The molecule has 5 nitrogen and oxygen atoms in total. The SMILES string of the molecule is Cc1cn2c(CN3CC(=O)N[C@H]4CCCC[C@@H]43)c(C)nc2s1. The first-order chi connectivity index (χ1) is 10.6. The molecule has 118 valence electrons. The van der Waals surface area contributed by atoms with Crippen LogP contribution in [0.4, 0.5) is 0 Å². The number of rotatable bonds is 2. The smallest absolute Gasteiger partial charge is 0.234 e. The maximum Gasteiger partial charge on any atom is 0.234 e. The molecule has 2 atom stereocenters. The summed E-state index contributed by atoms with van der Waals surface area (Å²) in [6.07, 6.45) is 6.97. The molecular formula is C16H22N4OS. The predicted molar refractivity (Wildman–Crippen MR) is 87.1 cm³/mol. The average Bonchev–Trinajstić information content (AvgIpc) is 2.96. The number of amides is 1. The molecule has 3 heterocycles. The highest BCUT2D eigenvalue weighted by atomic mass is 32.1. The molecule has 1 amide bonds. The van der Waals surface area contributed by atoms with E-state index in [9.17, 15) is 4.79 Å². The minimum absolute atomic E-state index is 0.170. The van der Waals surface area contributed by atoms with Crippen molar-refractivity contribution in [2.24, 2.45) is 0 Å². The van der Waals surface area contributed by atoms with Gasteiger partial charge in [-0.05, 0) is 26.7 Å². The maximum atomic E-state index is 12.0. The first-order valence-corrected chi connectivity index (χ1v) is 8.91. The molecule has 2 aliphatic rings. The van der Waals surface area contributed by atoms with Gasteiger partial charge in [-0.25, -0.2) is 4.98 Å². The van der Waals surface area contributed by atoms with Crippen LogP contribution < -0.4 is 5.32 Å². The van der Waals surface area contributed by atoms with Crippen molar-refractivity contribution in [3.63, 3.8) is 0 Å². The summed E-state index contributed by atoms with van der Waals surface area (Å²) in [6.45, 7) is 5.52. The molecular weight excluding hydrogens is 296 g/mol. The fraction of sp³-hybridized carbons (Fsp3) is 0.625. The second-order valence-corrected chi connectivity index (χ2v) is 7.78. The Kier molecular flexibility index (Phi) is 3.46. The van der Waals surface area contributed by atoms with Crippen molar-refractivity contribution in [3.05, 3.63) is 22.5 Å². The Labute approximate surface area is 134 Å². The lowest BCUT2D eigenvalue weighted by atomic mass is 9.87. The summed E-state index contributed by atoms with van der Waals surface area (Å²) < 4.78 is 2.21. The van der Waals surface area contributed by atoms with Crippen molar-refractivity contribution in [2.45, 2.75) is 58.2 Å². The van der Waals surface area contributed by atoms with Gasteiger partial charge in [0.25, 0.3) is 0 Å². The topological polar surface area (TPSA) is 49.6 Å². The summed E-state index contributed by atoms with van der Waals surface area (Å²) in [6, 6.07) is 0.819. The van der Waals surface area contributed by atoms with E-state index in [-0.39, 0.29) is 5.91 Å². The minimum Gasteiger partial charge on any atom is -0.351 e. The maximum absolute atomic E-state index is 12.0. The van der Waals surface area contributed by atoms with Gasteiger partial charge in [-0.1, -0.05) is 12.8 Å². The van der Waals surface area contributed by atoms with Crippen molar-refractivity contribution in [3.8, 4) is 0 Å². The lowest BCUT2D eigenvalue weighted by Crippen LogP contribution is -2.61. The van der Waals surface area contributed by atoms with E-state index >= 15 is 0 Å². The van der Waals surface area contributed by atoms with Gasteiger partial charge in [0.2, 0.25) is 5.91 Å². The lowest BCUT2D eigenvalue weighted by Gasteiger charge is -2.43. The van der Waals surface area contributed by atoms with E-state index < -0.39 is 0 Å². The van der Waals surface area contributed by atoms with Crippen LogP contribution in [0.2, 0.25) is 0 Å². The van der Waals surface area contributed by atoms with Gasteiger partial charge in [-0.3, -0.25) is 14.1 Å². The number of carbonyl (C=O) groups excluding carboxylic acids is 1. The molecule has 0 bridgehead atoms. The molecule has 22 heavy (non-hydrogen) atoms. The Balaban J connectivity index is 1.65. The van der Waals surface area contributed by atoms with Gasteiger partial charge in [0.1, 0.15) is 0 Å². The van der Waals surface area contributed by atoms with Crippen LogP contribution in [-0.4, -0.2) is 38.8 Å². The highest BCUT2D eigenvalue weighted by molar-refractivity contribution is 7.17. The number of nitrogens with zero attached hydrogens (tertiary/aromatic N) is 3. The molecule has 0 spiro atoms. The van der Waals surface area contributed by atoms with Gasteiger partial charge in [-0.2, -0.15) is 0 Å². The number of nitrogens with one attached hydrogen (secondary N) is 1. The average molecular weight is 318 g/mol. The third-order valence-corrected chi connectivity index (χ3v) is 5.88. The Morgan fingerprint density at radius 3 is 3.05 bits per heavy atom. The van der Waals surface area contributed by atoms with Crippen LogP contribution in [0.5, 0.6) is 0 Å². The highest BCUT2D eigenvalue weighted by Crippen LogP contribution is 2.28. The minimum atomic E-state index is 0.170. The van der Waals surface area contributed by atoms with Crippen LogP contribution in [0.3, 0.4) is 0 Å². The lowest BCUT2D eigenvalue weighted by molar-refractivity contribution is -0.128. The summed E-state index contributed by atoms with van der Waals surface area (Å²) >= 11 is 1.73. The number of fused-ring (bicyclic) bond motifs is 2. The van der Waals surface area contributed by atoms with Gasteiger partial charge >= 0.3 is 0 Å². The summed E-state index contributed by atoms with van der Waals surface area (Å²) in [5, 5.41) is 3.18. The van der Waals surface area contributed by atoms with E-state index in [1.165, 1.54) is 29.8 Å². The Bertz CT molecular complexity index is 719. The molecule has 6 heteroatoms. The second-order valence-electron chi connectivity index (χ2n) is 6.57. The standard InChI is InChI=1S/C16H22N4OS/c1-10-7-20-14(11(2)17-16(20)22-10)8-19-9-15(21)18-12-5-3-4-6-13(12)19/h7,12-13H,3-6,8-9H2,1-2H3,(H,18,21)/t12-,13-/m0/s1. The van der Waals surface area contributed by atoms with Crippen LogP contribution >= 0.6 is 11.3 Å². The zero-order valence-corrected chi connectivity index (χ0v) is 13.9. The summed E-state index contributed by atoms with van der Waals surface area (Å²) in [5.74, 6) is 0.170. The number of hydrogen-bond donors (Lipinski definition) is 1. The number of piperazine rings is 1. The molecule has 2 fully saturated rings. The molecule has 0 radical (unpaired) electrons. The van der Waals surface area contributed by atoms with Gasteiger partial charge in [0.15, 0.2) is 4.96 Å². The molecule has 0 unspecified atom stereocenters.